The van der Waals surface area contributed by atoms with E-state index in [1.165, 1.54) is 18.2 Å². The van der Waals surface area contributed by atoms with Crippen LogP contribution in [0.1, 0.15) is 6.42 Å². The van der Waals surface area contributed by atoms with Gasteiger partial charge in [-0.2, -0.15) is 0 Å². The molecule has 0 spiro atoms. The Morgan fingerprint density at radius 3 is 2.67 bits per heavy atom. The summed E-state index contributed by atoms with van der Waals surface area (Å²) in [6.07, 6.45) is 0.421. The Hall–Kier alpha value is -0.980. The number of halogens is 2. The lowest BCUT2D eigenvalue weighted by Crippen LogP contribution is -2.25. The molecular weight excluding hydrogens is 299 g/mol. The number of azide groups is 1. The predicted octanol–water partition coefficient (Wildman–Crippen LogP) is 2.97. The van der Waals surface area contributed by atoms with Crippen molar-refractivity contribution < 1.29 is 8.42 Å². The second kappa shape index (κ2) is 6.82. The second-order valence-electron chi connectivity index (χ2n) is 3.28. The van der Waals surface area contributed by atoms with Crippen molar-refractivity contribution in [2.24, 2.45) is 5.11 Å². The summed E-state index contributed by atoms with van der Waals surface area (Å²) in [6.45, 7) is 0.419. The highest BCUT2D eigenvalue weighted by Gasteiger charge is 2.14. The molecule has 1 aromatic rings. The molecule has 0 radical (unpaired) electrons. The summed E-state index contributed by atoms with van der Waals surface area (Å²) in [5.41, 5.74) is 8.05. The van der Waals surface area contributed by atoms with Crippen LogP contribution >= 0.6 is 23.2 Å². The van der Waals surface area contributed by atoms with E-state index in [9.17, 15) is 8.42 Å². The number of hydrogen-bond acceptors (Lipinski definition) is 3. The Morgan fingerprint density at radius 2 is 2.06 bits per heavy atom. The molecule has 9 heteroatoms. The van der Waals surface area contributed by atoms with Gasteiger partial charge in [-0.25, -0.2) is 13.1 Å². The van der Waals surface area contributed by atoms with Crippen LogP contribution in [-0.4, -0.2) is 21.5 Å². The van der Waals surface area contributed by atoms with Crippen molar-refractivity contribution in [2.45, 2.75) is 11.3 Å². The highest BCUT2D eigenvalue weighted by molar-refractivity contribution is 7.89. The van der Waals surface area contributed by atoms with Crippen molar-refractivity contribution in [3.8, 4) is 0 Å². The van der Waals surface area contributed by atoms with Gasteiger partial charge in [-0.05, 0) is 30.2 Å². The Kier molecular flexibility index (Phi) is 5.71. The van der Waals surface area contributed by atoms with Gasteiger partial charge >= 0.3 is 0 Å². The molecule has 0 unspecified atom stereocenters. The van der Waals surface area contributed by atoms with Crippen LogP contribution in [0.2, 0.25) is 10.0 Å². The zero-order chi connectivity index (χ0) is 13.6. The maximum atomic E-state index is 11.8. The number of nitrogens with zero attached hydrogens (tertiary/aromatic N) is 3. The summed E-state index contributed by atoms with van der Waals surface area (Å²) in [5, 5.41) is 3.76. The van der Waals surface area contributed by atoms with Crippen LogP contribution in [0.3, 0.4) is 0 Å². The topological polar surface area (TPSA) is 94.9 Å². The zero-order valence-corrected chi connectivity index (χ0v) is 11.5. The molecule has 1 rings (SSSR count). The molecule has 0 saturated carbocycles. The quantitative estimate of drug-likeness (QED) is 0.378. The summed E-state index contributed by atoms with van der Waals surface area (Å²) in [7, 11) is -3.61. The SMILES string of the molecule is [N-]=[N+]=NCCCNS(=O)(=O)c1ccc(Cl)c(Cl)c1. The first-order chi connectivity index (χ1) is 8.47. The molecule has 0 saturated heterocycles. The Bertz CT molecular complexity index is 570. The van der Waals surface area contributed by atoms with Gasteiger partial charge in [0.15, 0.2) is 0 Å². The highest BCUT2D eigenvalue weighted by Crippen LogP contribution is 2.24. The van der Waals surface area contributed by atoms with Gasteiger partial charge in [0.05, 0.1) is 14.9 Å². The minimum atomic E-state index is -3.61. The minimum absolute atomic E-state index is 0.0423. The summed E-state index contributed by atoms with van der Waals surface area (Å²) in [6, 6.07) is 4.06. The largest absolute Gasteiger partial charge is 0.240 e. The molecule has 0 amide bonds. The van der Waals surface area contributed by atoms with Crippen LogP contribution in [0.25, 0.3) is 10.4 Å². The van der Waals surface area contributed by atoms with Gasteiger partial charge in [0.2, 0.25) is 10.0 Å². The highest BCUT2D eigenvalue weighted by atomic mass is 35.5. The predicted molar refractivity (Wildman–Crippen MR) is 70.3 cm³/mol. The third kappa shape index (κ3) is 4.36. The van der Waals surface area contributed by atoms with E-state index in [0.717, 1.165) is 0 Å². The molecule has 0 heterocycles. The zero-order valence-electron chi connectivity index (χ0n) is 9.18. The maximum Gasteiger partial charge on any atom is 0.240 e. The number of benzene rings is 1. The van der Waals surface area contributed by atoms with E-state index in [4.69, 9.17) is 28.7 Å². The monoisotopic (exact) mass is 308 g/mol. The molecule has 98 valence electrons. The van der Waals surface area contributed by atoms with Crippen molar-refractivity contribution >= 4 is 33.2 Å². The molecule has 0 atom stereocenters. The fourth-order valence-electron chi connectivity index (χ4n) is 1.13. The number of hydrogen-bond donors (Lipinski definition) is 1. The van der Waals surface area contributed by atoms with E-state index < -0.39 is 10.0 Å². The van der Waals surface area contributed by atoms with Gasteiger partial charge in [-0.1, -0.05) is 28.3 Å². The molecule has 6 nitrogen and oxygen atoms in total. The summed E-state index contributed by atoms with van der Waals surface area (Å²) in [4.78, 5) is 2.61. The van der Waals surface area contributed by atoms with E-state index in [2.05, 4.69) is 14.7 Å². The fourth-order valence-corrected chi connectivity index (χ4v) is 2.59. The van der Waals surface area contributed by atoms with Crippen LogP contribution in [0, 0.1) is 0 Å². The normalized spacial score (nSPS) is 11.0. The molecule has 0 fully saturated rings. The van der Waals surface area contributed by atoms with Gasteiger partial charge in [0, 0.05) is 18.0 Å². The molecule has 0 aliphatic rings. The maximum absolute atomic E-state index is 11.8. The molecule has 0 aliphatic carbocycles. The smallest absolute Gasteiger partial charge is 0.211 e. The molecule has 0 aromatic heterocycles. The molecule has 18 heavy (non-hydrogen) atoms. The van der Waals surface area contributed by atoms with Crippen LogP contribution in [-0.2, 0) is 10.0 Å². The van der Waals surface area contributed by atoms with E-state index in [1.54, 1.807) is 0 Å². The van der Waals surface area contributed by atoms with Gasteiger partial charge in [-0.15, -0.1) is 0 Å². The Balaban J connectivity index is 2.68. The molecule has 0 aliphatic heterocycles. The lowest BCUT2D eigenvalue weighted by atomic mass is 10.4. The average Bonchev–Trinajstić information content (AvgIpc) is 2.32. The van der Waals surface area contributed by atoms with E-state index >= 15 is 0 Å². The third-order valence-electron chi connectivity index (χ3n) is 1.99. The van der Waals surface area contributed by atoms with Crippen LogP contribution < -0.4 is 4.72 Å². The Labute approximate surface area is 115 Å². The van der Waals surface area contributed by atoms with Crippen molar-refractivity contribution in [2.75, 3.05) is 13.1 Å². The van der Waals surface area contributed by atoms with E-state index in [0.29, 0.717) is 11.4 Å². The number of sulfonamides is 1. The third-order valence-corrected chi connectivity index (χ3v) is 4.19. The molecule has 1 N–H and O–H groups in total. The lowest BCUT2D eigenvalue weighted by molar-refractivity contribution is 0.579. The fraction of sp³-hybridized carbons (Fsp3) is 0.333. The Morgan fingerprint density at radius 1 is 1.33 bits per heavy atom. The summed E-state index contributed by atoms with van der Waals surface area (Å²) < 4.78 is 26.0. The number of nitrogens with one attached hydrogen (secondary N) is 1. The van der Waals surface area contributed by atoms with Crippen LogP contribution in [0.5, 0.6) is 0 Å². The van der Waals surface area contributed by atoms with Gasteiger partial charge in [-0.3, -0.25) is 0 Å². The van der Waals surface area contributed by atoms with E-state index in [1.807, 2.05) is 0 Å². The molecule has 0 bridgehead atoms. The lowest BCUT2D eigenvalue weighted by Gasteiger charge is -2.06. The van der Waals surface area contributed by atoms with Crippen molar-refractivity contribution in [3.63, 3.8) is 0 Å². The number of rotatable bonds is 6. The first-order valence-corrected chi connectivity index (χ1v) is 7.17. The van der Waals surface area contributed by atoms with Crippen LogP contribution in [0.15, 0.2) is 28.2 Å². The van der Waals surface area contributed by atoms with Crippen molar-refractivity contribution in [1.29, 1.82) is 0 Å². The molecular formula is C9H10Cl2N4O2S. The van der Waals surface area contributed by atoms with Crippen molar-refractivity contribution in [1.82, 2.24) is 4.72 Å². The van der Waals surface area contributed by atoms with E-state index in [-0.39, 0.29) is 23.0 Å². The second-order valence-corrected chi connectivity index (χ2v) is 5.86. The van der Waals surface area contributed by atoms with Gasteiger partial charge < -0.3 is 0 Å². The molecule has 1 aromatic carbocycles. The summed E-state index contributed by atoms with van der Waals surface area (Å²) in [5.74, 6) is 0. The van der Waals surface area contributed by atoms with Gasteiger partial charge in [0.25, 0.3) is 0 Å². The first-order valence-electron chi connectivity index (χ1n) is 4.93. The van der Waals surface area contributed by atoms with Crippen molar-refractivity contribution in [3.05, 3.63) is 38.7 Å². The standard InChI is InChI=1S/C9H10Cl2N4O2S/c10-8-3-2-7(6-9(8)11)18(16,17)14-5-1-4-13-15-12/h2-3,6,14H,1,4-5H2. The average molecular weight is 309 g/mol. The minimum Gasteiger partial charge on any atom is -0.211 e. The first kappa shape index (κ1) is 15.1. The summed E-state index contributed by atoms with van der Waals surface area (Å²) >= 11 is 11.4. The van der Waals surface area contributed by atoms with Gasteiger partial charge in [0.1, 0.15) is 0 Å². The van der Waals surface area contributed by atoms with Crippen LogP contribution in [0.4, 0.5) is 0 Å².